The van der Waals surface area contributed by atoms with E-state index in [-0.39, 0.29) is 30.2 Å². The summed E-state index contributed by atoms with van der Waals surface area (Å²) in [6.45, 7) is 4.64. The molecular weight excluding hydrogens is 296 g/mol. The Morgan fingerprint density at radius 3 is 2.83 bits per heavy atom. The summed E-state index contributed by atoms with van der Waals surface area (Å²) < 4.78 is 10.4. The van der Waals surface area contributed by atoms with Crippen molar-refractivity contribution in [1.29, 1.82) is 0 Å². The molecule has 1 aliphatic heterocycles. The van der Waals surface area contributed by atoms with Gasteiger partial charge in [0.25, 0.3) is 0 Å². The summed E-state index contributed by atoms with van der Waals surface area (Å²) in [4.78, 5) is 26.3. The van der Waals surface area contributed by atoms with Gasteiger partial charge in [0.05, 0.1) is 25.3 Å². The van der Waals surface area contributed by atoms with Crippen LogP contribution >= 0.6 is 0 Å². The van der Waals surface area contributed by atoms with Gasteiger partial charge in [-0.3, -0.25) is 9.59 Å². The molecule has 0 aromatic heterocycles. The number of rotatable bonds is 6. The minimum atomic E-state index is -0.355. The lowest BCUT2D eigenvalue weighted by Gasteiger charge is -2.20. The van der Waals surface area contributed by atoms with Crippen LogP contribution in [0, 0.1) is 12.8 Å². The quantitative estimate of drug-likeness (QED) is 0.863. The lowest BCUT2D eigenvalue weighted by Crippen LogP contribution is -2.40. The number of nitrogens with one attached hydrogen (secondary N) is 1. The van der Waals surface area contributed by atoms with E-state index in [0.717, 1.165) is 11.3 Å². The highest BCUT2D eigenvalue weighted by Crippen LogP contribution is 2.33. The van der Waals surface area contributed by atoms with E-state index in [4.69, 9.17) is 9.47 Å². The van der Waals surface area contributed by atoms with Crippen LogP contribution < -0.4 is 15.0 Å². The number of carbonyl (C=O) groups is 2. The molecule has 2 amide bonds. The molecule has 0 aliphatic carbocycles. The predicted molar refractivity (Wildman–Crippen MR) is 87.7 cm³/mol. The van der Waals surface area contributed by atoms with Crippen molar-refractivity contribution in [2.45, 2.75) is 26.3 Å². The Kier molecular flexibility index (Phi) is 5.60. The van der Waals surface area contributed by atoms with Crippen molar-refractivity contribution in [1.82, 2.24) is 5.32 Å². The maximum Gasteiger partial charge on any atom is 0.227 e. The molecule has 2 rings (SSSR count). The number of aryl methyl sites for hydroxylation is 1. The molecule has 1 aromatic carbocycles. The Morgan fingerprint density at radius 1 is 1.43 bits per heavy atom. The van der Waals surface area contributed by atoms with Crippen molar-refractivity contribution in [3.05, 3.63) is 23.8 Å². The van der Waals surface area contributed by atoms with Crippen molar-refractivity contribution in [3.63, 3.8) is 0 Å². The van der Waals surface area contributed by atoms with E-state index in [1.165, 1.54) is 0 Å². The number of methoxy groups -OCH3 is 2. The van der Waals surface area contributed by atoms with Gasteiger partial charge in [0, 0.05) is 26.1 Å². The molecule has 0 saturated carbocycles. The summed E-state index contributed by atoms with van der Waals surface area (Å²) in [5.41, 5.74) is 1.76. The highest BCUT2D eigenvalue weighted by atomic mass is 16.5. The number of ether oxygens (including phenoxy) is 2. The van der Waals surface area contributed by atoms with E-state index in [1.54, 1.807) is 19.1 Å². The van der Waals surface area contributed by atoms with E-state index in [1.807, 2.05) is 32.0 Å². The number of anilines is 1. The van der Waals surface area contributed by atoms with Gasteiger partial charge >= 0.3 is 0 Å². The lowest BCUT2D eigenvalue weighted by molar-refractivity contribution is -0.127. The van der Waals surface area contributed by atoms with E-state index < -0.39 is 0 Å². The normalized spacial score (nSPS) is 18.9. The highest BCUT2D eigenvalue weighted by Gasteiger charge is 2.36. The second-order valence-corrected chi connectivity index (χ2v) is 5.95. The number of benzene rings is 1. The molecule has 6 heteroatoms. The van der Waals surface area contributed by atoms with Crippen LogP contribution in [0.25, 0.3) is 0 Å². The Hall–Kier alpha value is -2.08. The fourth-order valence-electron chi connectivity index (χ4n) is 2.78. The van der Waals surface area contributed by atoms with E-state index in [0.29, 0.717) is 18.9 Å². The summed E-state index contributed by atoms with van der Waals surface area (Å²) in [5.74, 6) is 0.107. The van der Waals surface area contributed by atoms with E-state index in [9.17, 15) is 9.59 Å². The van der Waals surface area contributed by atoms with Gasteiger partial charge in [-0.2, -0.15) is 0 Å². The Balaban J connectivity index is 2.11. The van der Waals surface area contributed by atoms with Crippen LogP contribution in [0.1, 0.15) is 18.9 Å². The minimum Gasteiger partial charge on any atom is -0.495 e. The monoisotopic (exact) mass is 320 g/mol. The number of amides is 2. The first-order chi connectivity index (χ1) is 11.0. The van der Waals surface area contributed by atoms with Crippen LogP contribution in [0.2, 0.25) is 0 Å². The summed E-state index contributed by atoms with van der Waals surface area (Å²) in [5, 5.41) is 2.88. The maximum absolute atomic E-state index is 12.3. The molecule has 126 valence electrons. The van der Waals surface area contributed by atoms with Crippen LogP contribution in [0.4, 0.5) is 5.69 Å². The van der Waals surface area contributed by atoms with E-state index in [2.05, 4.69) is 5.32 Å². The molecule has 1 aliphatic rings. The van der Waals surface area contributed by atoms with Crippen LogP contribution in [0.3, 0.4) is 0 Å². The van der Waals surface area contributed by atoms with Gasteiger partial charge in [0.1, 0.15) is 5.75 Å². The fourth-order valence-corrected chi connectivity index (χ4v) is 2.78. The molecule has 0 spiro atoms. The van der Waals surface area contributed by atoms with Crippen molar-refractivity contribution >= 4 is 17.5 Å². The third-order valence-corrected chi connectivity index (χ3v) is 3.93. The van der Waals surface area contributed by atoms with Crippen molar-refractivity contribution in [2.24, 2.45) is 5.92 Å². The summed E-state index contributed by atoms with van der Waals surface area (Å²) in [7, 11) is 3.17. The molecule has 6 nitrogen and oxygen atoms in total. The van der Waals surface area contributed by atoms with Crippen LogP contribution in [-0.2, 0) is 14.3 Å². The summed E-state index contributed by atoms with van der Waals surface area (Å²) in [6.07, 6.45) is 0.211. The van der Waals surface area contributed by atoms with Crippen molar-refractivity contribution in [3.8, 4) is 5.75 Å². The standard InChI is InChI=1S/C17H24N2O4/c1-11-5-6-15(23-4)14(7-11)19-9-13(8-16(19)20)17(21)18-12(2)10-22-3/h5-7,12-13H,8-10H2,1-4H3,(H,18,21). The average molecular weight is 320 g/mol. The number of nitrogens with zero attached hydrogens (tertiary/aromatic N) is 1. The largest absolute Gasteiger partial charge is 0.495 e. The maximum atomic E-state index is 12.3. The topological polar surface area (TPSA) is 67.9 Å². The molecule has 2 atom stereocenters. The average Bonchev–Trinajstić information content (AvgIpc) is 2.89. The predicted octanol–water partition coefficient (Wildman–Crippen LogP) is 1.51. The van der Waals surface area contributed by atoms with Crippen molar-refractivity contribution in [2.75, 3.05) is 32.3 Å². The van der Waals surface area contributed by atoms with Crippen LogP contribution in [-0.4, -0.2) is 45.2 Å². The molecule has 0 bridgehead atoms. The third-order valence-electron chi connectivity index (χ3n) is 3.93. The van der Waals surface area contributed by atoms with Gasteiger partial charge in [-0.05, 0) is 31.5 Å². The van der Waals surface area contributed by atoms with Gasteiger partial charge in [-0.1, -0.05) is 6.07 Å². The minimum absolute atomic E-state index is 0.0616. The fraction of sp³-hybridized carbons (Fsp3) is 0.529. The first-order valence-electron chi connectivity index (χ1n) is 7.70. The van der Waals surface area contributed by atoms with Crippen LogP contribution in [0.5, 0.6) is 5.75 Å². The Labute approximate surface area is 136 Å². The second-order valence-electron chi connectivity index (χ2n) is 5.95. The second kappa shape index (κ2) is 7.46. The third kappa shape index (κ3) is 4.01. The smallest absolute Gasteiger partial charge is 0.227 e. The first kappa shape index (κ1) is 17.3. The molecular formula is C17H24N2O4. The van der Waals surface area contributed by atoms with Crippen LogP contribution in [0.15, 0.2) is 18.2 Å². The molecule has 2 unspecified atom stereocenters. The number of hydrogen-bond acceptors (Lipinski definition) is 4. The van der Waals surface area contributed by atoms with Gasteiger partial charge in [0.2, 0.25) is 11.8 Å². The van der Waals surface area contributed by atoms with Gasteiger partial charge in [-0.25, -0.2) is 0 Å². The Morgan fingerprint density at radius 2 is 2.17 bits per heavy atom. The molecule has 23 heavy (non-hydrogen) atoms. The number of carbonyl (C=O) groups excluding carboxylic acids is 2. The summed E-state index contributed by atoms with van der Waals surface area (Å²) in [6, 6.07) is 5.60. The van der Waals surface area contributed by atoms with Gasteiger partial charge < -0.3 is 19.7 Å². The number of hydrogen-bond donors (Lipinski definition) is 1. The van der Waals surface area contributed by atoms with E-state index >= 15 is 0 Å². The lowest BCUT2D eigenvalue weighted by atomic mass is 10.1. The zero-order valence-electron chi connectivity index (χ0n) is 14.1. The highest BCUT2D eigenvalue weighted by molar-refractivity contribution is 6.01. The zero-order valence-corrected chi connectivity index (χ0v) is 14.1. The van der Waals surface area contributed by atoms with Gasteiger partial charge in [0.15, 0.2) is 0 Å². The van der Waals surface area contributed by atoms with Crippen molar-refractivity contribution < 1.29 is 19.1 Å². The molecule has 1 heterocycles. The Bertz CT molecular complexity index is 588. The molecule has 1 aromatic rings. The molecule has 0 radical (unpaired) electrons. The SMILES string of the molecule is COCC(C)NC(=O)C1CC(=O)N(c2cc(C)ccc2OC)C1. The molecule has 1 fully saturated rings. The molecule has 1 N–H and O–H groups in total. The van der Waals surface area contributed by atoms with Gasteiger partial charge in [-0.15, -0.1) is 0 Å². The first-order valence-corrected chi connectivity index (χ1v) is 7.70. The summed E-state index contributed by atoms with van der Waals surface area (Å²) >= 11 is 0. The molecule has 1 saturated heterocycles. The zero-order chi connectivity index (χ0) is 17.0.